The van der Waals surface area contributed by atoms with E-state index in [1.54, 1.807) is 0 Å². The first-order valence-corrected chi connectivity index (χ1v) is 6.93. The molecule has 0 radical (unpaired) electrons. The summed E-state index contributed by atoms with van der Waals surface area (Å²) in [6, 6.07) is 14.3. The van der Waals surface area contributed by atoms with E-state index in [-0.39, 0.29) is 12.4 Å². The normalized spacial score (nSPS) is 11.4. The van der Waals surface area contributed by atoms with Crippen molar-refractivity contribution in [2.24, 2.45) is 11.5 Å². The van der Waals surface area contributed by atoms with Crippen molar-refractivity contribution < 1.29 is 9.53 Å². The highest BCUT2D eigenvalue weighted by atomic mass is 35.5. The number of halogens is 2. The van der Waals surface area contributed by atoms with Crippen LogP contribution in [0.5, 0.6) is 5.75 Å². The lowest BCUT2D eigenvalue weighted by Crippen LogP contribution is -2.38. The van der Waals surface area contributed by atoms with Gasteiger partial charge in [0, 0.05) is 5.02 Å². The SMILES string of the molecule is Cl.NC(=O)C(N)Cc1ccc(OCc2cccc(Cl)c2)cc1. The summed E-state index contributed by atoms with van der Waals surface area (Å²) < 4.78 is 5.67. The maximum atomic E-state index is 10.9. The Bertz CT molecular complexity index is 618. The van der Waals surface area contributed by atoms with Gasteiger partial charge in [-0.1, -0.05) is 35.9 Å². The van der Waals surface area contributed by atoms with E-state index in [2.05, 4.69) is 0 Å². The minimum Gasteiger partial charge on any atom is -0.489 e. The number of amides is 1. The first kappa shape index (κ1) is 18.3. The fourth-order valence-corrected chi connectivity index (χ4v) is 2.08. The summed E-state index contributed by atoms with van der Waals surface area (Å²) in [4.78, 5) is 10.9. The number of benzene rings is 2. The van der Waals surface area contributed by atoms with E-state index in [0.717, 1.165) is 16.9 Å². The van der Waals surface area contributed by atoms with Crippen LogP contribution in [-0.2, 0) is 17.8 Å². The molecule has 1 unspecified atom stereocenters. The van der Waals surface area contributed by atoms with E-state index in [0.29, 0.717) is 18.1 Å². The van der Waals surface area contributed by atoms with Gasteiger partial charge in [0.15, 0.2) is 0 Å². The Balaban J connectivity index is 0.00000242. The van der Waals surface area contributed by atoms with Gasteiger partial charge in [0.05, 0.1) is 6.04 Å². The number of ether oxygens (including phenoxy) is 1. The predicted molar refractivity (Wildman–Crippen MR) is 90.3 cm³/mol. The molecule has 0 heterocycles. The second-order valence-electron chi connectivity index (χ2n) is 4.78. The average Bonchev–Trinajstić information content (AvgIpc) is 2.46. The lowest BCUT2D eigenvalue weighted by molar-refractivity contribution is -0.119. The molecule has 22 heavy (non-hydrogen) atoms. The van der Waals surface area contributed by atoms with Crippen molar-refractivity contribution >= 4 is 29.9 Å². The van der Waals surface area contributed by atoms with Crippen molar-refractivity contribution in [3.05, 3.63) is 64.7 Å². The summed E-state index contributed by atoms with van der Waals surface area (Å²) in [5.41, 5.74) is 12.7. The second kappa shape index (κ2) is 8.63. The van der Waals surface area contributed by atoms with Crippen LogP contribution in [0.15, 0.2) is 48.5 Å². The van der Waals surface area contributed by atoms with Crippen molar-refractivity contribution in [2.45, 2.75) is 19.1 Å². The molecule has 2 aromatic rings. The number of nitrogens with two attached hydrogens (primary N) is 2. The molecule has 2 aromatic carbocycles. The summed E-state index contributed by atoms with van der Waals surface area (Å²) in [6.07, 6.45) is 0.421. The number of hydrogen-bond donors (Lipinski definition) is 2. The van der Waals surface area contributed by atoms with E-state index >= 15 is 0 Å². The average molecular weight is 341 g/mol. The molecular formula is C16H18Cl2N2O2. The van der Waals surface area contributed by atoms with Gasteiger partial charge in [-0.2, -0.15) is 0 Å². The Kier molecular flexibility index (Phi) is 7.18. The van der Waals surface area contributed by atoms with E-state index in [1.807, 2.05) is 48.5 Å². The van der Waals surface area contributed by atoms with Gasteiger partial charge in [0.25, 0.3) is 0 Å². The van der Waals surface area contributed by atoms with Gasteiger partial charge in [-0.25, -0.2) is 0 Å². The number of hydrogen-bond acceptors (Lipinski definition) is 3. The molecule has 6 heteroatoms. The monoisotopic (exact) mass is 340 g/mol. The van der Waals surface area contributed by atoms with E-state index in [9.17, 15) is 4.79 Å². The van der Waals surface area contributed by atoms with Gasteiger partial charge in [0.1, 0.15) is 12.4 Å². The molecular weight excluding hydrogens is 323 g/mol. The van der Waals surface area contributed by atoms with Crippen LogP contribution in [0.4, 0.5) is 0 Å². The molecule has 0 bridgehead atoms. The minimum atomic E-state index is -0.664. The molecule has 4 N–H and O–H groups in total. The molecule has 2 rings (SSSR count). The Morgan fingerprint density at radius 3 is 2.41 bits per heavy atom. The topological polar surface area (TPSA) is 78.3 Å². The summed E-state index contributed by atoms with van der Waals surface area (Å²) in [5, 5.41) is 0.687. The van der Waals surface area contributed by atoms with Gasteiger partial charge in [-0.3, -0.25) is 4.79 Å². The largest absolute Gasteiger partial charge is 0.489 e. The van der Waals surface area contributed by atoms with Crippen LogP contribution in [-0.4, -0.2) is 11.9 Å². The third-order valence-electron chi connectivity index (χ3n) is 3.04. The first-order chi connectivity index (χ1) is 10.0. The smallest absolute Gasteiger partial charge is 0.234 e. The summed E-state index contributed by atoms with van der Waals surface area (Å²) in [6.45, 7) is 0.445. The number of carbonyl (C=O) groups is 1. The lowest BCUT2D eigenvalue weighted by Gasteiger charge is -2.09. The molecule has 1 amide bonds. The summed E-state index contributed by atoms with van der Waals surface area (Å²) in [5.74, 6) is 0.239. The van der Waals surface area contributed by atoms with Crippen LogP contribution in [0.1, 0.15) is 11.1 Å². The molecule has 0 aromatic heterocycles. The molecule has 0 saturated heterocycles. The van der Waals surface area contributed by atoms with Gasteiger partial charge >= 0.3 is 0 Å². The third kappa shape index (κ3) is 5.56. The van der Waals surface area contributed by atoms with Crippen LogP contribution < -0.4 is 16.2 Å². The second-order valence-corrected chi connectivity index (χ2v) is 5.21. The molecule has 4 nitrogen and oxygen atoms in total. The predicted octanol–water partition coefficient (Wildman–Crippen LogP) is 2.70. The van der Waals surface area contributed by atoms with Crippen molar-refractivity contribution in [1.29, 1.82) is 0 Å². The Hall–Kier alpha value is -1.75. The zero-order chi connectivity index (χ0) is 15.2. The molecule has 0 fully saturated rings. The van der Waals surface area contributed by atoms with Gasteiger partial charge < -0.3 is 16.2 Å². The fraction of sp³-hybridized carbons (Fsp3) is 0.188. The maximum absolute atomic E-state index is 10.9. The molecule has 118 valence electrons. The quantitative estimate of drug-likeness (QED) is 0.848. The summed E-state index contributed by atoms with van der Waals surface area (Å²) >= 11 is 5.92. The van der Waals surface area contributed by atoms with Crippen molar-refractivity contribution in [1.82, 2.24) is 0 Å². The zero-order valence-corrected chi connectivity index (χ0v) is 13.4. The van der Waals surface area contributed by atoms with E-state index < -0.39 is 11.9 Å². The maximum Gasteiger partial charge on any atom is 0.234 e. The highest BCUT2D eigenvalue weighted by Gasteiger charge is 2.09. The number of primary amides is 1. The molecule has 0 saturated carbocycles. The highest BCUT2D eigenvalue weighted by molar-refractivity contribution is 6.30. The molecule has 0 spiro atoms. The van der Waals surface area contributed by atoms with Crippen LogP contribution in [0.3, 0.4) is 0 Å². The van der Waals surface area contributed by atoms with Crippen LogP contribution in [0.2, 0.25) is 5.02 Å². The molecule has 0 aliphatic heterocycles. The van der Waals surface area contributed by atoms with Crippen molar-refractivity contribution in [3.63, 3.8) is 0 Å². The summed E-state index contributed by atoms with van der Waals surface area (Å²) in [7, 11) is 0. The number of carbonyl (C=O) groups excluding carboxylic acids is 1. The van der Waals surface area contributed by atoms with Crippen molar-refractivity contribution in [2.75, 3.05) is 0 Å². The molecule has 0 aliphatic carbocycles. The van der Waals surface area contributed by atoms with Crippen molar-refractivity contribution in [3.8, 4) is 5.75 Å². The Morgan fingerprint density at radius 1 is 1.14 bits per heavy atom. The number of rotatable bonds is 6. The standard InChI is InChI=1S/C16H17ClN2O2.ClH/c17-13-3-1-2-12(8-13)10-21-14-6-4-11(5-7-14)9-15(18)16(19)20;/h1-8,15H,9-10,18H2,(H2,19,20);1H. The van der Waals surface area contributed by atoms with Gasteiger partial charge in [0.2, 0.25) is 5.91 Å². The molecule has 1 atom stereocenters. The van der Waals surface area contributed by atoms with Gasteiger partial charge in [-0.15, -0.1) is 12.4 Å². The third-order valence-corrected chi connectivity index (χ3v) is 3.27. The Labute approximate surface area is 140 Å². The zero-order valence-electron chi connectivity index (χ0n) is 11.9. The van der Waals surface area contributed by atoms with Crippen LogP contribution in [0.25, 0.3) is 0 Å². The highest BCUT2D eigenvalue weighted by Crippen LogP contribution is 2.16. The fourth-order valence-electron chi connectivity index (χ4n) is 1.87. The lowest BCUT2D eigenvalue weighted by atomic mass is 10.1. The Morgan fingerprint density at radius 2 is 1.82 bits per heavy atom. The minimum absolute atomic E-state index is 0. The molecule has 0 aliphatic rings. The van der Waals surface area contributed by atoms with Crippen LogP contribution in [0, 0.1) is 0 Å². The van der Waals surface area contributed by atoms with E-state index in [1.165, 1.54) is 0 Å². The first-order valence-electron chi connectivity index (χ1n) is 6.55. The van der Waals surface area contributed by atoms with Gasteiger partial charge in [-0.05, 0) is 41.8 Å². The van der Waals surface area contributed by atoms with E-state index in [4.69, 9.17) is 27.8 Å². The van der Waals surface area contributed by atoms with Crippen LogP contribution >= 0.6 is 24.0 Å².